The van der Waals surface area contributed by atoms with Crippen molar-refractivity contribution in [3.05, 3.63) is 35.6 Å². The molecule has 2 aliphatic rings. The summed E-state index contributed by atoms with van der Waals surface area (Å²) in [5.41, 5.74) is -0.148. The van der Waals surface area contributed by atoms with Gasteiger partial charge in [0, 0.05) is 24.0 Å². The molecule has 5 atom stereocenters. The zero-order valence-electron chi connectivity index (χ0n) is 23.7. The van der Waals surface area contributed by atoms with E-state index < -0.39 is 29.7 Å². The Bertz CT molecular complexity index is 1070. The Morgan fingerprint density at radius 1 is 1.10 bits per heavy atom. The standard InChI is InChI=1S/C29H42FN5O5S/c1-18(2)15-22(33-27(38)20-10-3-4-11-21(20)30)28(39)32-19(16-36)9-7-8-14-31-25(37)13-6-5-12-24-26-23(17-41-24)34-29(40)35-26/h3-4,10-11,16,18-19,22-24,26H,5-9,12-15,17H2,1-2H3,(H,31,37)(H,32,39)(H,33,38)(H2,34,35,40)/t19-,22-,23-,24-,26-/m0/s1. The van der Waals surface area contributed by atoms with E-state index in [0.29, 0.717) is 50.2 Å². The van der Waals surface area contributed by atoms with E-state index in [1.807, 2.05) is 25.6 Å². The van der Waals surface area contributed by atoms with E-state index in [0.717, 1.165) is 25.0 Å². The van der Waals surface area contributed by atoms with E-state index in [2.05, 4.69) is 26.6 Å². The lowest BCUT2D eigenvalue weighted by Gasteiger charge is -2.22. The molecular formula is C29H42FN5O5S. The van der Waals surface area contributed by atoms with Crippen molar-refractivity contribution in [2.45, 2.75) is 94.6 Å². The highest BCUT2D eigenvalue weighted by Crippen LogP contribution is 2.33. The number of rotatable bonds is 17. The summed E-state index contributed by atoms with van der Waals surface area (Å²) < 4.78 is 14.0. The minimum Gasteiger partial charge on any atom is -0.356 e. The number of amides is 5. The van der Waals surface area contributed by atoms with Gasteiger partial charge in [0.2, 0.25) is 11.8 Å². The molecule has 2 aliphatic heterocycles. The minimum absolute atomic E-state index is 0.0138. The number of nitrogens with one attached hydrogen (secondary N) is 5. The van der Waals surface area contributed by atoms with Crippen LogP contribution in [0.1, 0.15) is 75.6 Å². The average Bonchev–Trinajstić information content (AvgIpc) is 3.48. The lowest BCUT2D eigenvalue weighted by molar-refractivity contribution is -0.126. The van der Waals surface area contributed by atoms with Crippen LogP contribution in [0.4, 0.5) is 9.18 Å². The van der Waals surface area contributed by atoms with E-state index in [4.69, 9.17) is 0 Å². The molecule has 0 radical (unpaired) electrons. The van der Waals surface area contributed by atoms with E-state index >= 15 is 0 Å². The smallest absolute Gasteiger partial charge is 0.315 e. The number of halogens is 1. The number of hydrogen-bond donors (Lipinski definition) is 5. The van der Waals surface area contributed by atoms with Gasteiger partial charge in [0.25, 0.3) is 5.91 Å². The van der Waals surface area contributed by atoms with Crippen LogP contribution in [0, 0.1) is 11.7 Å². The fourth-order valence-electron chi connectivity index (χ4n) is 5.12. The van der Waals surface area contributed by atoms with Gasteiger partial charge in [-0.2, -0.15) is 11.8 Å². The first-order valence-electron chi connectivity index (χ1n) is 14.4. The van der Waals surface area contributed by atoms with Crippen molar-refractivity contribution in [2.24, 2.45) is 5.92 Å². The van der Waals surface area contributed by atoms with Gasteiger partial charge >= 0.3 is 6.03 Å². The van der Waals surface area contributed by atoms with Crippen molar-refractivity contribution in [1.82, 2.24) is 26.6 Å². The minimum atomic E-state index is -0.911. The van der Waals surface area contributed by atoms with Crippen molar-refractivity contribution in [2.75, 3.05) is 12.3 Å². The molecule has 1 aromatic rings. The normalized spacial score (nSPS) is 20.9. The second kappa shape index (κ2) is 16.3. The number of hydrogen-bond acceptors (Lipinski definition) is 6. The highest BCUT2D eigenvalue weighted by atomic mass is 32.2. The van der Waals surface area contributed by atoms with Crippen LogP contribution in [-0.2, 0) is 14.4 Å². The van der Waals surface area contributed by atoms with Crippen molar-refractivity contribution >= 4 is 41.8 Å². The van der Waals surface area contributed by atoms with Gasteiger partial charge in [0.1, 0.15) is 18.1 Å². The maximum absolute atomic E-state index is 14.0. The van der Waals surface area contributed by atoms with E-state index in [1.54, 1.807) is 6.07 Å². The average molecular weight is 592 g/mol. The third kappa shape index (κ3) is 10.3. The predicted molar refractivity (Wildman–Crippen MR) is 156 cm³/mol. The SMILES string of the molecule is CC(C)C[C@H](NC(=O)c1ccccc1F)C(=O)N[C@H](C=O)CCCCNC(=O)CCCC[C@@H]1SC[C@@H]2NC(=O)N[C@@H]21. The molecule has 0 aliphatic carbocycles. The summed E-state index contributed by atoms with van der Waals surface area (Å²) in [4.78, 5) is 60.7. The Balaban J connectivity index is 1.30. The Labute approximate surface area is 245 Å². The van der Waals surface area contributed by atoms with Gasteiger partial charge in [-0.05, 0) is 56.6 Å². The van der Waals surface area contributed by atoms with Gasteiger partial charge < -0.3 is 31.4 Å². The number of urea groups is 1. The number of thioether (sulfide) groups is 1. The number of unbranched alkanes of at least 4 members (excludes halogenated alkanes) is 2. The zero-order valence-corrected chi connectivity index (χ0v) is 24.6. The molecule has 2 heterocycles. The summed E-state index contributed by atoms with van der Waals surface area (Å²) in [6, 6.07) is 4.21. The fourth-order valence-corrected chi connectivity index (χ4v) is 6.66. The molecule has 0 spiro atoms. The maximum atomic E-state index is 14.0. The summed E-state index contributed by atoms with van der Waals surface area (Å²) in [7, 11) is 0. The Morgan fingerprint density at radius 2 is 1.88 bits per heavy atom. The van der Waals surface area contributed by atoms with E-state index in [-0.39, 0.29) is 35.5 Å². The number of aldehydes is 1. The van der Waals surface area contributed by atoms with Crippen molar-refractivity contribution in [1.29, 1.82) is 0 Å². The van der Waals surface area contributed by atoms with Gasteiger partial charge in [0.05, 0.1) is 23.7 Å². The zero-order chi connectivity index (χ0) is 29.8. The Hall–Kier alpha value is -3.15. The molecule has 41 heavy (non-hydrogen) atoms. The first-order valence-corrected chi connectivity index (χ1v) is 15.5. The summed E-state index contributed by atoms with van der Waals surface area (Å²) >= 11 is 1.87. The van der Waals surface area contributed by atoms with Crippen LogP contribution in [0.3, 0.4) is 0 Å². The number of carbonyl (C=O) groups is 5. The van der Waals surface area contributed by atoms with Crippen molar-refractivity contribution in [3.63, 3.8) is 0 Å². The highest BCUT2D eigenvalue weighted by molar-refractivity contribution is 8.00. The van der Waals surface area contributed by atoms with Crippen LogP contribution < -0.4 is 26.6 Å². The van der Waals surface area contributed by atoms with Gasteiger partial charge in [-0.3, -0.25) is 14.4 Å². The van der Waals surface area contributed by atoms with Crippen LogP contribution >= 0.6 is 11.8 Å². The molecular weight excluding hydrogens is 549 g/mol. The first-order chi connectivity index (χ1) is 19.7. The highest BCUT2D eigenvalue weighted by Gasteiger charge is 2.42. The summed E-state index contributed by atoms with van der Waals surface area (Å²) in [6.45, 7) is 4.28. The van der Waals surface area contributed by atoms with Gasteiger partial charge in [0.15, 0.2) is 0 Å². The molecule has 0 saturated carbocycles. The van der Waals surface area contributed by atoms with Gasteiger partial charge in [-0.25, -0.2) is 9.18 Å². The molecule has 0 aromatic heterocycles. The summed E-state index contributed by atoms with van der Waals surface area (Å²) in [5, 5.41) is 14.5. The third-order valence-electron chi connectivity index (χ3n) is 7.28. The molecule has 2 saturated heterocycles. The van der Waals surface area contributed by atoms with Crippen LogP contribution in [0.15, 0.2) is 24.3 Å². The maximum Gasteiger partial charge on any atom is 0.315 e. The number of fused-ring (bicyclic) bond motifs is 1. The molecule has 226 valence electrons. The number of carbonyl (C=O) groups excluding carboxylic acids is 5. The summed E-state index contributed by atoms with van der Waals surface area (Å²) in [6.07, 6.45) is 5.77. The van der Waals surface area contributed by atoms with E-state index in [1.165, 1.54) is 18.2 Å². The fraction of sp³-hybridized carbons (Fsp3) is 0.621. The van der Waals surface area contributed by atoms with Crippen LogP contribution in [0.5, 0.6) is 0 Å². The second-order valence-corrected chi connectivity index (χ2v) is 12.4. The van der Waals surface area contributed by atoms with Gasteiger partial charge in [-0.15, -0.1) is 0 Å². The molecule has 3 rings (SSSR count). The molecule has 10 nitrogen and oxygen atoms in total. The third-order valence-corrected chi connectivity index (χ3v) is 8.79. The number of benzene rings is 1. The van der Waals surface area contributed by atoms with Crippen LogP contribution in [0.25, 0.3) is 0 Å². The van der Waals surface area contributed by atoms with Crippen LogP contribution in [-0.4, -0.2) is 71.8 Å². The predicted octanol–water partition coefficient (Wildman–Crippen LogP) is 2.67. The molecule has 5 N–H and O–H groups in total. The van der Waals surface area contributed by atoms with Crippen LogP contribution in [0.2, 0.25) is 0 Å². The lowest BCUT2D eigenvalue weighted by atomic mass is 10.0. The second-order valence-electron chi connectivity index (χ2n) is 11.1. The quantitative estimate of drug-likeness (QED) is 0.107. The lowest BCUT2D eigenvalue weighted by Crippen LogP contribution is -2.50. The topological polar surface area (TPSA) is 146 Å². The van der Waals surface area contributed by atoms with Crippen molar-refractivity contribution in [3.8, 4) is 0 Å². The Kier molecular flexibility index (Phi) is 12.9. The Morgan fingerprint density at radius 3 is 2.61 bits per heavy atom. The van der Waals surface area contributed by atoms with E-state index in [9.17, 15) is 28.4 Å². The molecule has 12 heteroatoms. The first kappa shape index (κ1) is 32.4. The molecule has 0 bridgehead atoms. The molecule has 2 fully saturated rings. The molecule has 1 aromatic carbocycles. The molecule has 0 unspecified atom stereocenters. The monoisotopic (exact) mass is 591 g/mol. The van der Waals surface area contributed by atoms with Gasteiger partial charge in [-0.1, -0.05) is 32.4 Å². The largest absolute Gasteiger partial charge is 0.356 e. The molecule has 5 amide bonds. The summed E-state index contributed by atoms with van der Waals surface area (Å²) in [5.74, 6) is -0.870. The van der Waals surface area contributed by atoms with Crippen molar-refractivity contribution < 1.29 is 28.4 Å².